The lowest BCUT2D eigenvalue weighted by atomic mass is 10.0. The smallest absolute Gasteiger partial charge is 0.131 e. The Morgan fingerprint density at radius 3 is 2.72 bits per heavy atom. The second kappa shape index (κ2) is 4.83. The number of hydrogen-bond acceptors (Lipinski definition) is 2. The molecule has 3 rings (SSSR count). The van der Waals surface area contributed by atoms with Crippen molar-refractivity contribution in [3.63, 3.8) is 0 Å². The highest BCUT2D eigenvalue weighted by molar-refractivity contribution is 5.72. The van der Waals surface area contributed by atoms with Crippen LogP contribution in [0.4, 0.5) is 0 Å². The third kappa shape index (κ3) is 2.12. The van der Waals surface area contributed by atoms with Gasteiger partial charge in [0.2, 0.25) is 0 Å². The maximum Gasteiger partial charge on any atom is 0.131 e. The van der Waals surface area contributed by atoms with Gasteiger partial charge in [0.1, 0.15) is 12.4 Å². The molecule has 1 aliphatic rings. The normalized spacial score (nSPS) is 14.5. The number of fused-ring (bicyclic) bond motifs is 1. The van der Waals surface area contributed by atoms with Crippen LogP contribution >= 0.6 is 0 Å². The SMILES string of the molecule is Cc1ccc(-c2cccc3c2OCCNC3)cc1. The van der Waals surface area contributed by atoms with Gasteiger partial charge in [-0.2, -0.15) is 0 Å². The molecule has 0 fully saturated rings. The molecule has 18 heavy (non-hydrogen) atoms. The first kappa shape index (κ1) is 11.3. The molecular weight excluding hydrogens is 222 g/mol. The van der Waals surface area contributed by atoms with Crippen LogP contribution in [-0.4, -0.2) is 13.2 Å². The van der Waals surface area contributed by atoms with Gasteiger partial charge < -0.3 is 10.1 Å². The molecule has 2 heteroatoms. The lowest BCUT2D eigenvalue weighted by molar-refractivity contribution is 0.327. The molecule has 0 bridgehead atoms. The summed E-state index contributed by atoms with van der Waals surface area (Å²) in [5.74, 6) is 1.03. The predicted octanol–water partition coefficient (Wildman–Crippen LogP) is 3.14. The van der Waals surface area contributed by atoms with E-state index in [0.717, 1.165) is 25.4 Å². The van der Waals surface area contributed by atoms with Gasteiger partial charge in [-0.3, -0.25) is 0 Å². The summed E-state index contributed by atoms with van der Waals surface area (Å²) in [6, 6.07) is 15.0. The molecule has 1 N–H and O–H groups in total. The molecule has 0 aromatic heterocycles. The van der Waals surface area contributed by atoms with Crippen LogP contribution in [0, 0.1) is 6.92 Å². The Labute approximate surface area is 108 Å². The van der Waals surface area contributed by atoms with Crippen LogP contribution in [-0.2, 0) is 6.54 Å². The van der Waals surface area contributed by atoms with E-state index in [1.165, 1.54) is 22.3 Å². The third-order valence-corrected chi connectivity index (χ3v) is 3.30. The van der Waals surface area contributed by atoms with Crippen LogP contribution in [0.1, 0.15) is 11.1 Å². The van der Waals surface area contributed by atoms with Crippen molar-refractivity contribution < 1.29 is 4.74 Å². The minimum absolute atomic E-state index is 0.732. The number of aryl methyl sites for hydroxylation is 1. The molecule has 2 aromatic rings. The number of rotatable bonds is 1. The topological polar surface area (TPSA) is 21.3 Å². The van der Waals surface area contributed by atoms with Gasteiger partial charge in [0, 0.05) is 24.2 Å². The fourth-order valence-electron chi connectivity index (χ4n) is 2.30. The molecule has 92 valence electrons. The molecule has 0 unspecified atom stereocenters. The highest BCUT2D eigenvalue weighted by Gasteiger charge is 2.13. The van der Waals surface area contributed by atoms with Gasteiger partial charge in [-0.05, 0) is 12.5 Å². The second-order valence-corrected chi connectivity index (χ2v) is 4.69. The molecule has 2 aromatic carbocycles. The maximum absolute atomic E-state index is 5.90. The van der Waals surface area contributed by atoms with E-state index in [9.17, 15) is 0 Å². The summed E-state index contributed by atoms with van der Waals surface area (Å²) >= 11 is 0. The van der Waals surface area contributed by atoms with E-state index < -0.39 is 0 Å². The van der Waals surface area contributed by atoms with Gasteiger partial charge in [-0.25, -0.2) is 0 Å². The minimum Gasteiger partial charge on any atom is -0.491 e. The van der Waals surface area contributed by atoms with Gasteiger partial charge in [-0.15, -0.1) is 0 Å². The molecule has 0 radical (unpaired) electrons. The summed E-state index contributed by atoms with van der Waals surface area (Å²) in [6.07, 6.45) is 0. The third-order valence-electron chi connectivity index (χ3n) is 3.30. The van der Waals surface area contributed by atoms with Crippen molar-refractivity contribution in [2.24, 2.45) is 0 Å². The molecule has 0 aliphatic carbocycles. The van der Waals surface area contributed by atoms with Gasteiger partial charge in [0.15, 0.2) is 0 Å². The molecule has 0 saturated heterocycles. The fraction of sp³-hybridized carbons (Fsp3) is 0.250. The first-order valence-electron chi connectivity index (χ1n) is 6.37. The van der Waals surface area contributed by atoms with Crippen molar-refractivity contribution in [3.8, 4) is 16.9 Å². The lowest BCUT2D eigenvalue weighted by Gasteiger charge is -2.12. The van der Waals surface area contributed by atoms with Crippen molar-refractivity contribution in [1.29, 1.82) is 0 Å². The van der Waals surface area contributed by atoms with Crippen LogP contribution in [0.15, 0.2) is 42.5 Å². The van der Waals surface area contributed by atoms with Gasteiger partial charge in [-0.1, -0.05) is 48.0 Å². The maximum atomic E-state index is 5.90. The average molecular weight is 239 g/mol. The molecule has 1 aliphatic heterocycles. The standard InChI is InChI=1S/C16H17NO/c1-12-5-7-13(8-6-12)15-4-2-3-14-11-17-9-10-18-16(14)15/h2-8,17H,9-11H2,1H3. The Kier molecular flexibility index (Phi) is 3.03. The lowest BCUT2D eigenvalue weighted by Crippen LogP contribution is -2.16. The Morgan fingerprint density at radius 2 is 1.89 bits per heavy atom. The van der Waals surface area contributed by atoms with E-state index in [1.54, 1.807) is 0 Å². The predicted molar refractivity (Wildman–Crippen MR) is 73.8 cm³/mol. The monoisotopic (exact) mass is 239 g/mol. The molecule has 2 nitrogen and oxygen atoms in total. The Balaban J connectivity index is 2.09. The van der Waals surface area contributed by atoms with Crippen molar-refractivity contribution >= 4 is 0 Å². The summed E-state index contributed by atoms with van der Waals surface area (Å²) in [6.45, 7) is 4.63. The van der Waals surface area contributed by atoms with E-state index in [-0.39, 0.29) is 0 Å². The minimum atomic E-state index is 0.732. The quantitative estimate of drug-likeness (QED) is 0.825. The Morgan fingerprint density at radius 1 is 1.06 bits per heavy atom. The molecule has 0 atom stereocenters. The Bertz CT molecular complexity index is 546. The molecule has 0 saturated carbocycles. The largest absolute Gasteiger partial charge is 0.491 e. The van der Waals surface area contributed by atoms with Gasteiger partial charge in [0.25, 0.3) is 0 Å². The van der Waals surface area contributed by atoms with E-state index in [4.69, 9.17) is 4.74 Å². The van der Waals surface area contributed by atoms with Crippen LogP contribution in [0.3, 0.4) is 0 Å². The summed E-state index contributed by atoms with van der Waals surface area (Å²) in [5, 5.41) is 3.37. The zero-order valence-corrected chi connectivity index (χ0v) is 10.6. The molecule has 0 spiro atoms. The van der Waals surface area contributed by atoms with Crippen molar-refractivity contribution in [2.75, 3.05) is 13.2 Å². The first-order chi connectivity index (χ1) is 8.84. The highest BCUT2D eigenvalue weighted by atomic mass is 16.5. The second-order valence-electron chi connectivity index (χ2n) is 4.69. The number of para-hydroxylation sites is 1. The summed E-state index contributed by atoms with van der Waals surface area (Å²) < 4.78 is 5.90. The van der Waals surface area contributed by atoms with Crippen LogP contribution < -0.4 is 10.1 Å². The summed E-state index contributed by atoms with van der Waals surface area (Å²) in [7, 11) is 0. The first-order valence-corrected chi connectivity index (χ1v) is 6.37. The fourth-order valence-corrected chi connectivity index (χ4v) is 2.30. The average Bonchev–Trinajstić information content (AvgIpc) is 2.64. The Hall–Kier alpha value is -1.80. The number of hydrogen-bond donors (Lipinski definition) is 1. The molecular formula is C16H17NO. The zero-order valence-electron chi connectivity index (χ0n) is 10.6. The van der Waals surface area contributed by atoms with E-state index in [1.807, 2.05) is 0 Å². The van der Waals surface area contributed by atoms with Crippen LogP contribution in [0.5, 0.6) is 5.75 Å². The number of ether oxygens (including phenoxy) is 1. The molecule has 0 amide bonds. The van der Waals surface area contributed by atoms with E-state index in [2.05, 4.69) is 54.7 Å². The van der Waals surface area contributed by atoms with Crippen molar-refractivity contribution in [1.82, 2.24) is 5.32 Å². The van der Waals surface area contributed by atoms with E-state index in [0.29, 0.717) is 0 Å². The number of benzene rings is 2. The van der Waals surface area contributed by atoms with Gasteiger partial charge in [0.05, 0.1) is 0 Å². The number of nitrogens with one attached hydrogen (secondary N) is 1. The summed E-state index contributed by atoms with van der Waals surface area (Å²) in [4.78, 5) is 0. The highest BCUT2D eigenvalue weighted by Crippen LogP contribution is 2.34. The summed E-state index contributed by atoms with van der Waals surface area (Å²) in [5.41, 5.74) is 4.93. The van der Waals surface area contributed by atoms with Crippen molar-refractivity contribution in [3.05, 3.63) is 53.6 Å². The van der Waals surface area contributed by atoms with E-state index >= 15 is 0 Å². The van der Waals surface area contributed by atoms with Crippen LogP contribution in [0.25, 0.3) is 11.1 Å². The van der Waals surface area contributed by atoms with Crippen molar-refractivity contribution in [2.45, 2.75) is 13.5 Å². The zero-order chi connectivity index (χ0) is 12.4. The van der Waals surface area contributed by atoms with Gasteiger partial charge >= 0.3 is 0 Å². The molecule has 1 heterocycles. The van der Waals surface area contributed by atoms with Crippen LogP contribution in [0.2, 0.25) is 0 Å².